The minimum Gasteiger partial charge on any atom is -0.493 e. The Labute approximate surface area is 250 Å². The maximum absolute atomic E-state index is 12.8. The van der Waals surface area contributed by atoms with Gasteiger partial charge in [0.15, 0.2) is 17.6 Å². The van der Waals surface area contributed by atoms with Crippen molar-refractivity contribution in [1.29, 1.82) is 5.26 Å². The van der Waals surface area contributed by atoms with Gasteiger partial charge in [-0.05, 0) is 60.4 Å². The molecule has 5 rings (SSSR count). The van der Waals surface area contributed by atoms with Crippen LogP contribution in [0.25, 0.3) is 0 Å². The minimum absolute atomic E-state index is 0.0286. The number of methoxy groups -OCH3 is 1. The number of carbonyl (C=O) groups excluding carboxylic acids is 1. The van der Waals surface area contributed by atoms with Crippen molar-refractivity contribution in [3.8, 4) is 34.8 Å². The lowest BCUT2D eigenvalue weighted by atomic mass is 9.83. The Morgan fingerprint density at radius 3 is 2.40 bits per heavy atom. The Bertz CT molecular complexity index is 1680. The van der Waals surface area contributed by atoms with E-state index in [1.54, 1.807) is 32.2 Å². The van der Waals surface area contributed by atoms with Crippen LogP contribution in [0.15, 0.2) is 102 Å². The second kappa shape index (κ2) is 13.0. The molecule has 218 valence electrons. The first-order chi connectivity index (χ1) is 20.9. The molecule has 0 saturated heterocycles. The standard InChI is InChI=1S/C35H32N2O6/c1-4-23-10-13-26(14-11-23)41-22(2)35(38)42-27-15-16-28-31(19-27)43-34(37)29(20-36)33(28)25-12-17-30(32(18-25)39-3)40-21-24-8-6-5-7-9-24/h5-19,22,33H,4,21,37H2,1-3H3. The van der Waals surface area contributed by atoms with Crippen LogP contribution in [-0.4, -0.2) is 19.2 Å². The Kier molecular flexibility index (Phi) is 8.82. The first-order valence-electron chi connectivity index (χ1n) is 13.9. The van der Waals surface area contributed by atoms with Crippen molar-refractivity contribution in [1.82, 2.24) is 0 Å². The zero-order chi connectivity index (χ0) is 30.3. The van der Waals surface area contributed by atoms with E-state index in [0.29, 0.717) is 35.2 Å². The summed E-state index contributed by atoms with van der Waals surface area (Å²) < 4.78 is 28.8. The number of nitriles is 1. The van der Waals surface area contributed by atoms with E-state index in [-0.39, 0.29) is 17.2 Å². The molecule has 1 heterocycles. The number of allylic oxidation sites excluding steroid dienone is 1. The highest BCUT2D eigenvalue weighted by Crippen LogP contribution is 2.45. The van der Waals surface area contributed by atoms with Gasteiger partial charge in [-0.25, -0.2) is 4.79 Å². The number of rotatable bonds is 10. The predicted octanol–water partition coefficient (Wildman–Crippen LogP) is 6.43. The SMILES string of the molecule is CCc1ccc(OC(C)C(=O)Oc2ccc3c(c2)OC(N)=C(C#N)C3c2ccc(OCc3ccccc3)c(OC)c2)cc1. The first-order valence-corrected chi connectivity index (χ1v) is 13.9. The lowest BCUT2D eigenvalue weighted by Gasteiger charge is -2.27. The predicted molar refractivity (Wildman–Crippen MR) is 161 cm³/mol. The fraction of sp³-hybridized carbons (Fsp3) is 0.200. The molecule has 0 spiro atoms. The number of benzene rings is 4. The van der Waals surface area contributed by atoms with Crippen LogP contribution >= 0.6 is 0 Å². The van der Waals surface area contributed by atoms with Crippen molar-refractivity contribution in [3.05, 3.63) is 125 Å². The monoisotopic (exact) mass is 576 g/mol. The van der Waals surface area contributed by atoms with Crippen LogP contribution in [0.1, 0.15) is 42.0 Å². The van der Waals surface area contributed by atoms with Crippen LogP contribution in [0.3, 0.4) is 0 Å². The average molecular weight is 577 g/mol. The molecule has 0 saturated carbocycles. The van der Waals surface area contributed by atoms with Crippen LogP contribution in [0, 0.1) is 11.3 Å². The van der Waals surface area contributed by atoms with Gasteiger partial charge in [0.05, 0.1) is 13.0 Å². The second-order valence-electron chi connectivity index (χ2n) is 9.99. The summed E-state index contributed by atoms with van der Waals surface area (Å²) in [5.74, 6) is 1.16. The normalized spacial score (nSPS) is 14.5. The van der Waals surface area contributed by atoms with Crippen molar-refractivity contribution >= 4 is 5.97 Å². The average Bonchev–Trinajstić information content (AvgIpc) is 3.03. The quantitative estimate of drug-likeness (QED) is 0.170. The minimum atomic E-state index is -0.845. The summed E-state index contributed by atoms with van der Waals surface area (Å²) in [6.45, 7) is 4.07. The van der Waals surface area contributed by atoms with Crippen molar-refractivity contribution in [2.24, 2.45) is 5.73 Å². The molecule has 2 atom stereocenters. The molecule has 2 unspecified atom stereocenters. The van der Waals surface area contributed by atoms with Gasteiger partial charge in [0.2, 0.25) is 5.88 Å². The molecule has 1 aliphatic heterocycles. The molecule has 0 aliphatic carbocycles. The number of aryl methyl sites for hydroxylation is 1. The molecule has 1 aliphatic rings. The molecule has 4 aromatic carbocycles. The zero-order valence-corrected chi connectivity index (χ0v) is 24.2. The summed E-state index contributed by atoms with van der Waals surface area (Å²) in [6.07, 6.45) is 0.0684. The smallest absolute Gasteiger partial charge is 0.352 e. The number of fused-ring (bicyclic) bond motifs is 1. The van der Waals surface area contributed by atoms with Gasteiger partial charge in [-0.15, -0.1) is 0 Å². The number of nitrogens with two attached hydrogens (primary N) is 1. The van der Waals surface area contributed by atoms with E-state index in [2.05, 4.69) is 13.0 Å². The summed E-state index contributed by atoms with van der Waals surface area (Å²) >= 11 is 0. The van der Waals surface area contributed by atoms with Crippen molar-refractivity contribution in [3.63, 3.8) is 0 Å². The molecule has 0 aromatic heterocycles. The highest BCUT2D eigenvalue weighted by atomic mass is 16.6. The third kappa shape index (κ3) is 6.57. The highest BCUT2D eigenvalue weighted by Gasteiger charge is 2.32. The van der Waals surface area contributed by atoms with E-state index < -0.39 is 18.0 Å². The maximum atomic E-state index is 12.8. The van der Waals surface area contributed by atoms with Gasteiger partial charge >= 0.3 is 5.97 Å². The Balaban J connectivity index is 1.36. The van der Waals surface area contributed by atoms with Gasteiger partial charge in [0.25, 0.3) is 0 Å². The van der Waals surface area contributed by atoms with Crippen LogP contribution in [0.2, 0.25) is 0 Å². The van der Waals surface area contributed by atoms with Gasteiger partial charge in [0.1, 0.15) is 35.5 Å². The van der Waals surface area contributed by atoms with Gasteiger partial charge in [-0.1, -0.05) is 61.5 Å². The van der Waals surface area contributed by atoms with E-state index in [0.717, 1.165) is 17.5 Å². The molecule has 43 heavy (non-hydrogen) atoms. The van der Waals surface area contributed by atoms with Crippen molar-refractivity contribution < 1.29 is 28.5 Å². The van der Waals surface area contributed by atoms with E-state index in [1.807, 2.05) is 72.8 Å². The Morgan fingerprint density at radius 1 is 0.953 bits per heavy atom. The van der Waals surface area contributed by atoms with Crippen molar-refractivity contribution in [2.45, 2.75) is 38.9 Å². The number of nitrogens with zero attached hydrogens (tertiary/aromatic N) is 1. The summed E-state index contributed by atoms with van der Waals surface area (Å²) in [7, 11) is 1.56. The van der Waals surface area contributed by atoms with E-state index in [4.69, 9.17) is 29.4 Å². The summed E-state index contributed by atoms with van der Waals surface area (Å²) in [5, 5.41) is 9.99. The first kappa shape index (κ1) is 29.1. The number of hydrogen-bond donors (Lipinski definition) is 1. The van der Waals surface area contributed by atoms with E-state index in [9.17, 15) is 10.1 Å². The number of esters is 1. The van der Waals surface area contributed by atoms with Crippen LogP contribution in [0.4, 0.5) is 0 Å². The molecule has 0 amide bonds. The van der Waals surface area contributed by atoms with Crippen LogP contribution in [-0.2, 0) is 17.8 Å². The van der Waals surface area contributed by atoms with Crippen LogP contribution < -0.4 is 29.4 Å². The molecule has 4 aromatic rings. The van der Waals surface area contributed by atoms with Crippen LogP contribution in [0.5, 0.6) is 28.7 Å². The maximum Gasteiger partial charge on any atom is 0.352 e. The molecule has 0 bridgehead atoms. The zero-order valence-electron chi connectivity index (χ0n) is 24.2. The summed E-state index contributed by atoms with van der Waals surface area (Å²) in [6, 6.07) is 30.1. The summed E-state index contributed by atoms with van der Waals surface area (Å²) in [5.41, 5.74) is 10.1. The lowest BCUT2D eigenvalue weighted by molar-refractivity contribution is -0.141. The molecule has 0 radical (unpaired) electrons. The van der Waals surface area contributed by atoms with Gasteiger partial charge < -0.3 is 29.4 Å². The van der Waals surface area contributed by atoms with E-state index >= 15 is 0 Å². The number of hydrogen-bond acceptors (Lipinski definition) is 8. The van der Waals surface area contributed by atoms with Gasteiger partial charge in [-0.2, -0.15) is 5.26 Å². The highest BCUT2D eigenvalue weighted by molar-refractivity contribution is 5.77. The third-order valence-electron chi connectivity index (χ3n) is 7.14. The molecule has 8 nitrogen and oxygen atoms in total. The number of carbonyl (C=O) groups is 1. The fourth-order valence-corrected chi connectivity index (χ4v) is 4.82. The topological polar surface area (TPSA) is 113 Å². The van der Waals surface area contributed by atoms with Gasteiger partial charge in [0, 0.05) is 11.6 Å². The number of ether oxygens (including phenoxy) is 5. The third-order valence-corrected chi connectivity index (χ3v) is 7.14. The molecular formula is C35H32N2O6. The largest absolute Gasteiger partial charge is 0.493 e. The molecule has 0 fully saturated rings. The lowest BCUT2D eigenvalue weighted by Crippen LogP contribution is -2.28. The molecule has 8 heteroatoms. The molecule has 2 N–H and O–H groups in total. The summed E-state index contributed by atoms with van der Waals surface area (Å²) in [4.78, 5) is 12.8. The van der Waals surface area contributed by atoms with E-state index in [1.165, 1.54) is 5.56 Å². The fourth-order valence-electron chi connectivity index (χ4n) is 4.82. The molecular weight excluding hydrogens is 544 g/mol. The van der Waals surface area contributed by atoms with Crippen molar-refractivity contribution in [2.75, 3.05) is 7.11 Å². The van der Waals surface area contributed by atoms with Gasteiger partial charge in [-0.3, -0.25) is 0 Å². The Hall–Kier alpha value is -5.42. The Morgan fingerprint density at radius 2 is 1.70 bits per heavy atom. The second-order valence-corrected chi connectivity index (χ2v) is 9.99.